The molecule has 2 N–H and O–H groups in total. The maximum atomic E-state index is 13.0. The molecule has 2 aromatic rings. The summed E-state index contributed by atoms with van der Waals surface area (Å²) in [5.41, 5.74) is 2.26. The molecule has 1 aliphatic carbocycles. The normalized spacial score (nSPS) is 25.6. The molecule has 0 aromatic heterocycles. The number of ether oxygens (including phenoxy) is 2. The van der Waals surface area contributed by atoms with Crippen molar-refractivity contribution in [1.29, 1.82) is 0 Å². The molecule has 1 saturated heterocycles. The SMILES string of the molecule is COc1ccc([C@@H]2[C@H]3CCCC[C@]3(O)CCN2CC(=O)Nc2ccc(C)cc2)c(OC)c1. The molecule has 4 rings (SSSR count). The molecule has 0 unspecified atom stereocenters. The Morgan fingerprint density at radius 3 is 2.62 bits per heavy atom. The lowest BCUT2D eigenvalue weighted by atomic mass is 9.66. The zero-order chi connectivity index (χ0) is 22.7. The average molecular weight is 439 g/mol. The standard InChI is InChI=1S/C26H34N2O4/c1-18-7-9-19(10-8-18)27-24(29)17-28-15-14-26(30)13-5-4-6-22(26)25(28)21-12-11-20(31-2)16-23(21)32-3/h7-12,16,22,25,30H,4-6,13-15,17H2,1-3H3,(H,27,29)/t22-,25-,26+/m1/s1. The Morgan fingerprint density at radius 1 is 1.12 bits per heavy atom. The van der Waals surface area contributed by atoms with Gasteiger partial charge in [0.15, 0.2) is 0 Å². The second kappa shape index (κ2) is 9.51. The average Bonchev–Trinajstić information content (AvgIpc) is 2.80. The molecule has 0 bridgehead atoms. The lowest BCUT2D eigenvalue weighted by molar-refractivity contribution is -0.135. The highest BCUT2D eigenvalue weighted by Crippen LogP contribution is 2.51. The first-order valence-corrected chi connectivity index (χ1v) is 11.5. The van der Waals surface area contributed by atoms with Crippen molar-refractivity contribution in [2.24, 2.45) is 5.92 Å². The molecule has 2 fully saturated rings. The maximum absolute atomic E-state index is 13.0. The van der Waals surface area contributed by atoms with Gasteiger partial charge in [0.05, 0.1) is 26.4 Å². The second-order valence-corrected chi connectivity index (χ2v) is 9.14. The monoisotopic (exact) mass is 438 g/mol. The van der Waals surface area contributed by atoms with Crippen LogP contribution in [0.1, 0.15) is 49.3 Å². The minimum absolute atomic E-state index is 0.0485. The molecule has 32 heavy (non-hydrogen) atoms. The number of amides is 1. The summed E-state index contributed by atoms with van der Waals surface area (Å²) in [5.74, 6) is 1.46. The number of nitrogens with zero attached hydrogens (tertiary/aromatic N) is 1. The fraction of sp³-hybridized carbons (Fsp3) is 0.500. The molecule has 0 radical (unpaired) electrons. The third-order valence-electron chi connectivity index (χ3n) is 7.11. The number of aryl methyl sites for hydroxylation is 1. The zero-order valence-corrected chi connectivity index (χ0v) is 19.3. The molecular formula is C26H34N2O4. The summed E-state index contributed by atoms with van der Waals surface area (Å²) in [4.78, 5) is 15.2. The summed E-state index contributed by atoms with van der Waals surface area (Å²) < 4.78 is 11.1. The van der Waals surface area contributed by atoms with E-state index in [2.05, 4.69) is 10.2 Å². The number of nitrogens with one attached hydrogen (secondary N) is 1. The number of carbonyl (C=O) groups excluding carboxylic acids is 1. The van der Waals surface area contributed by atoms with Gasteiger partial charge in [-0.25, -0.2) is 0 Å². The first-order valence-electron chi connectivity index (χ1n) is 11.5. The van der Waals surface area contributed by atoms with Crippen LogP contribution in [0.25, 0.3) is 0 Å². The summed E-state index contributed by atoms with van der Waals surface area (Å²) in [6.45, 7) is 2.95. The van der Waals surface area contributed by atoms with Crippen LogP contribution in [0, 0.1) is 12.8 Å². The number of benzene rings is 2. The van der Waals surface area contributed by atoms with E-state index < -0.39 is 5.60 Å². The van der Waals surface area contributed by atoms with Gasteiger partial charge in [0.1, 0.15) is 11.5 Å². The van der Waals surface area contributed by atoms with Gasteiger partial charge in [0, 0.05) is 35.8 Å². The van der Waals surface area contributed by atoms with E-state index in [1.54, 1.807) is 14.2 Å². The molecule has 0 spiro atoms. The topological polar surface area (TPSA) is 71.0 Å². The number of fused-ring (bicyclic) bond motifs is 1. The third-order valence-corrected chi connectivity index (χ3v) is 7.11. The number of methoxy groups -OCH3 is 2. The largest absolute Gasteiger partial charge is 0.497 e. The summed E-state index contributed by atoms with van der Waals surface area (Å²) in [6, 6.07) is 13.6. The van der Waals surface area contributed by atoms with Crippen molar-refractivity contribution >= 4 is 11.6 Å². The Morgan fingerprint density at radius 2 is 1.91 bits per heavy atom. The highest BCUT2D eigenvalue weighted by Gasteiger charge is 2.49. The van der Waals surface area contributed by atoms with Gasteiger partial charge in [-0.15, -0.1) is 0 Å². The van der Waals surface area contributed by atoms with Gasteiger partial charge in [-0.05, 0) is 44.4 Å². The highest BCUT2D eigenvalue weighted by atomic mass is 16.5. The summed E-state index contributed by atoms with van der Waals surface area (Å²) in [6.07, 6.45) is 4.58. The number of anilines is 1. The molecule has 2 aromatic carbocycles. The van der Waals surface area contributed by atoms with E-state index in [1.165, 1.54) is 0 Å². The number of aliphatic hydroxyl groups is 1. The zero-order valence-electron chi connectivity index (χ0n) is 19.3. The molecular weight excluding hydrogens is 404 g/mol. The fourth-order valence-electron chi connectivity index (χ4n) is 5.42. The van der Waals surface area contributed by atoms with Crippen molar-refractivity contribution in [2.45, 2.75) is 50.7 Å². The van der Waals surface area contributed by atoms with Gasteiger partial charge in [0.25, 0.3) is 0 Å². The van der Waals surface area contributed by atoms with Crippen LogP contribution in [0.2, 0.25) is 0 Å². The molecule has 1 saturated carbocycles. The first kappa shape index (κ1) is 22.6. The molecule has 1 heterocycles. The Kier molecular flexibility index (Phi) is 6.72. The van der Waals surface area contributed by atoms with Crippen LogP contribution in [-0.2, 0) is 4.79 Å². The second-order valence-electron chi connectivity index (χ2n) is 9.14. The van der Waals surface area contributed by atoms with Gasteiger partial charge in [-0.2, -0.15) is 0 Å². The molecule has 6 heteroatoms. The molecule has 3 atom stereocenters. The smallest absolute Gasteiger partial charge is 0.238 e. The number of hydrogen-bond donors (Lipinski definition) is 2. The molecule has 2 aliphatic rings. The van der Waals surface area contributed by atoms with Crippen molar-refractivity contribution < 1.29 is 19.4 Å². The quantitative estimate of drug-likeness (QED) is 0.703. The van der Waals surface area contributed by atoms with Crippen LogP contribution in [0.4, 0.5) is 5.69 Å². The Balaban J connectivity index is 1.63. The number of rotatable bonds is 6. The van der Waals surface area contributed by atoms with Gasteiger partial charge in [-0.1, -0.05) is 36.6 Å². The first-order chi connectivity index (χ1) is 15.4. The number of hydrogen-bond acceptors (Lipinski definition) is 5. The van der Waals surface area contributed by atoms with Crippen LogP contribution >= 0.6 is 0 Å². The van der Waals surface area contributed by atoms with Crippen LogP contribution in [0.5, 0.6) is 11.5 Å². The minimum atomic E-state index is -0.697. The van der Waals surface area contributed by atoms with E-state index in [1.807, 2.05) is 49.4 Å². The van der Waals surface area contributed by atoms with Crippen LogP contribution in [0.15, 0.2) is 42.5 Å². The number of likely N-dealkylation sites (tertiary alicyclic amines) is 1. The lowest BCUT2D eigenvalue weighted by Gasteiger charge is -2.52. The maximum Gasteiger partial charge on any atom is 0.238 e. The predicted molar refractivity (Wildman–Crippen MR) is 125 cm³/mol. The van der Waals surface area contributed by atoms with E-state index in [-0.39, 0.29) is 24.4 Å². The number of carbonyl (C=O) groups is 1. The Hall–Kier alpha value is -2.57. The van der Waals surface area contributed by atoms with Crippen molar-refractivity contribution in [1.82, 2.24) is 4.90 Å². The van der Waals surface area contributed by atoms with Gasteiger partial charge < -0.3 is 19.9 Å². The van der Waals surface area contributed by atoms with Crippen molar-refractivity contribution in [3.05, 3.63) is 53.6 Å². The Bertz CT molecular complexity index is 945. The van der Waals surface area contributed by atoms with Crippen LogP contribution in [-0.4, -0.2) is 48.8 Å². The van der Waals surface area contributed by atoms with Gasteiger partial charge in [-0.3, -0.25) is 9.69 Å². The third kappa shape index (κ3) is 4.62. The van der Waals surface area contributed by atoms with E-state index in [0.717, 1.165) is 54.0 Å². The van der Waals surface area contributed by atoms with Crippen molar-refractivity contribution in [2.75, 3.05) is 32.6 Å². The van der Waals surface area contributed by atoms with E-state index in [9.17, 15) is 9.90 Å². The summed E-state index contributed by atoms with van der Waals surface area (Å²) >= 11 is 0. The molecule has 6 nitrogen and oxygen atoms in total. The van der Waals surface area contributed by atoms with Crippen molar-refractivity contribution in [3.8, 4) is 11.5 Å². The Labute approximate surface area is 190 Å². The number of piperidine rings is 1. The van der Waals surface area contributed by atoms with Crippen molar-refractivity contribution in [3.63, 3.8) is 0 Å². The van der Waals surface area contributed by atoms with Gasteiger partial charge >= 0.3 is 0 Å². The lowest BCUT2D eigenvalue weighted by Crippen LogP contribution is -2.56. The molecule has 1 aliphatic heterocycles. The van der Waals surface area contributed by atoms with E-state index >= 15 is 0 Å². The summed E-state index contributed by atoms with van der Waals surface area (Å²) in [7, 11) is 3.29. The minimum Gasteiger partial charge on any atom is -0.497 e. The van der Waals surface area contributed by atoms with Crippen LogP contribution in [0.3, 0.4) is 0 Å². The highest BCUT2D eigenvalue weighted by molar-refractivity contribution is 5.92. The van der Waals surface area contributed by atoms with E-state index in [0.29, 0.717) is 13.0 Å². The fourth-order valence-corrected chi connectivity index (χ4v) is 5.42. The molecule has 172 valence electrons. The molecule has 1 amide bonds. The summed E-state index contributed by atoms with van der Waals surface area (Å²) in [5, 5.41) is 14.5. The predicted octanol–water partition coefficient (Wildman–Crippen LogP) is 4.32. The van der Waals surface area contributed by atoms with E-state index in [4.69, 9.17) is 9.47 Å². The van der Waals surface area contributed by atoms with Gasteiger partial charge in [0.2, 0.25) is 5.91 Å². The van der Waals surface area contributed by atoms with Crippen LogP contribution < -0.4 is 14.8 Å².